The summed E-state index contributed by atoms with van der Waals surface area (Å²) in [5.41, 5.74) is 1.59. The van der Waals surface area contributed by atoms with E-state index in [1.807, 2.05) is 24.3 Å². The fourth-order valence-electron chi connectivity index (χ4n) is 2.68. The van der Waals surface area contributed by atoms with E-state index in [4.69, 9.17) is 28.6 Å². The van der Waals surface area contributed by atoms with Crippen molar-refractivity contribution in [2.75, 3.05) is 26.5 Å². The first-order valence-electron chi connectivity index (χ1n) is 8.96. The monoisotopic (exact) mass is 461 g/mol. The first kappa shape index (κ1) is 22.0. The Kier molecular flexibility index (Phi) is 6.91. The standard InChI is InChI=1S/C21H20ClN3O3S2/c1-25(2)17(26)10-12-4-6-13(7-5-12)23-21(29)24-20(27)19-18(22)15-9-8-14(28-3)11-16(15)30-19/h4-9,11H,10H2,1-3H3,(H2,23,24,27,29). The number of benzene rings is 2. The maximum absolute atomic E-state index is 12.6. The van der Waals surface area contributed by atoms with Crippen molar-refractivity contribution in [2.24, 2.45) is 0 Å². The molecule has 0 bridgehead atoms. The van der Waals surface area contributed by atoms with Crippen molar-refractivity contribution in [2.45, 2.75) is 6.42 Å². The molecule has 3 aromatic rings. The SMILES string of the molecule is COc1ccc2c(Cl)c(C(=O)NC(=S)Nc3ccc(CC(=O)N(C)C)cc3)sc2c1. The van der Waals surface area contributed by atoms with Crippen LogP contribution in [0.4, 0.5) is 5.69 Å². The number of anilines is 1. The number of carbonyl (C=O) groups excluding carboxylic acids is 2. The number of likely N-dealkylation sites (N-methyl/N-ethyl adjacent to an activating group) is 1. The number of thiophene rings is 1. The van der Waals surface area contributed by atoms with Crippen molar-refractivity contribution < 1.29 is 14.3 Å². The molecule has 0 aliphatic heterocycles. The van der Waals surface area contributed by atoms with Crippen LogP contribution < -0.4 is 15.4 Å². The third-order valence-electron chi connectivity index (χ3n) is 4.34. The predicted molar refractivity (Wildman–Crippen MR) is 126 cm³/mol. The number of nitrogens with one attached hydrogen (secondary N) is 2. The van der Waals surface area contributed by atoms with Gasteiger partial charge in [0.1, 0.15) is 10.6 Å². The van der Waals surface area contributed by atoms with Crippen LogP contribution in [0.2, 0.25) is 5.02 Å². The number of nitrogens with zero attached hydrogens (tertiary/aromatic N) is 1. The van der Waals surface area contributed by atoms with E-state index < -0.39 is 0 Å². The van der Waals surface area contributed by atoms with E-state index >= 15 is 0 Å². The highest BCUT2D eigenvalue weighted by atomic mass is 35.5. The van der Waals surface area contributed by atoms with Crippen LogP contribution in [-0.2, 0) is 11.2 Å². The van der Waals surface area contributed by atoms with Crippen molar-refractivity contribution in [3.63, 3.8) is 0 Å². The minimum atomic E-state index is -0.383. The highest BCUT2D eigenvalue weighted by Crippen LogP contribution is 2.37. The lowest BCUT2D eigenvalue weighted by molar-refractivity contribution is -0.127. The first-order valence-corrected chi connectivity index (χ1v) is 10.6. The number of halogens is 1. The topological polar surface area (TPSA) is 70.7 Å². The third kappa shape index (κ3) is 5.08. The molecule has 1 heterocycles. The van der Waals surface area contributed by atoms with Gasteiger partial charge in [-0.3, -0.25) is 14.9 Å². The van der Waals surface area contributed by atoms with Crippen molar-refractivity contribution in [1.82, 2.24) is 10.2 Å². The van der Waals surface area contributed by atoms with Crippen molar-refractivity contribution in [3.8, 4) is 5.75 Å². The number of hydrogen-bond donors (Lipinski definition) is 2. The van der Waals surface area contributed by atoms with Crippen LogP contribution in [0.1, 0.15) is 15.2 Å². The summed E-state index contributed by atoms with van der Waals surface area (Å²) in [6, 6.07) is 12.7. The molecule has 2 amide bonds. The van der Waals surface area contributed by atoms with Crippen LogP contribution in [-0.4, -0.2) is 43.0 Å². The highest BCUT2D eigenvalue weighted by molar-refractivity contribution is 7.80. The molecule has 30 heavy (non-hydrogen) atoms. The molecule has 0 radical (unpaired) electrons. The molecule has 0 fully saturated rings. The lowest BCUT2D eigenvalue weighted by Crippen LogP contribution is -2.33. The van der Waals surface area contributed by atoms with Crippen LogP contribution in [0.25, 0.3) is 10.1 Å². The average Bonchev–Trinajstić information content (AvgIpc) is 3.05. The largest absolute Gasteiger partial charge is 0.497 e. The van der Waals surface area contributed by atoms with E-state index in [9.17, 15) is 9.59 Å². The Morgan fingerprint density at radius 1 is 1.17 bits per heavy atom. The molecule has 1 aromatic heterocycles. The number of carbonyl (C=O) groups is 2. The Balaban J connectivity index is 1.65. The summed E-state index contributed by atoms with van der Waals surface area (Å²) >= 11 is 12.9. The molecular formula is C21H20ClN3O3S2. The fraction of sp³-hybridized carbons (Fsp3) is 0.190. The Labute approximate surface area is 188 Å². The number of rotatable bonds is 5. The second kappa shape index (κ2) is 9.42. The Bertz CT molecular complexity index is 1110. The summed E-state index contributed by atoms with van der Waals surface area (Å²) in [6.45, 7) is 0. The first-order chi connectivity index (χ1) is 14.3. The summed E-state index contributed by atoms with van der Waals surface area (Å²) in [4.78, 5) is 26.4. The van der Waals surface area contributed by atoms with Gasteiger partial charge in [0.2, 0.25) is 5.91 Å². The van der Waals surface area contributed by atoms with Gasteiger partial charge in [0.05, 0.1) is 18.6 Å². The molecule has 3 rings (SSSR count). The molecule has 0 saturated carbocycles. The number of methoxy groups -OCH3 is 1. The molecule has 0 unspecified atom stereocenters. The average molecular weight is 462 g/mol. The smallest absolute Gasteiger partial charge is 0.269 e. The molecule has 6 nitrogen and oxygen atoms in total. The molecule has 0 saturated heterocycles. The third-order valence-corrected chi connectivity index (χ3v) is 6.20. The van der Waals surface area contributed by atoms with Gasteiger partial charge in [-0.2, -0.15) is 0 Å². The number of thiocarbonyl (C=S) groups is 1. The highest BCUT2D eigenvalue weighted by Gasteiger charge is 2.18. The zero-order chi connectivity index (χ0) is 21.8. The predicted octanol–water partition coefficient (Wildman–Crippen LogP) is 4.32. The minimum Gasteiger partial charge on any atom is -0.497 e. The quantitative estimate of drug-likeness (QED) is 0.554. The summed E-state index contributed by atoms with van der Waals surface area (Å²) in [7, 11) is 5.03. The second-order valence-corrected chi connectivity index (χ2v) is 8.52. The summed E-state index contributed by atoms with van der Waals surface area (Å²) < 4.78 is 6.07. The Hall–Kier alpha value is -2.68. The van der Waals surface area contributed by atoms with Gasteiger partial charge in [0.15, 0.2) is 5.11 Å². The minimum absolute atomic E-state index is 0.0244. The van der Waals surface area contributed by atoms with E-state index in [1.54, 1.807) is 44.3 Å². The summed E-state index contributed by atoms with van der Waals surface area (Å²) in [5, 5.41) is 6.94. The number of amides is 2. The van der Waals surface area contributed by atoms with E-state index in [-0.39, 0.29) is 16.9 Å². The van der Waals surface area contributed by atoms with Crippen LogP contribution >= 0.6 is 35.2 Å². The Morgan fingerprint density at radius 3 is 2.50 bits per heavy atom. The van der Waals surface area contributed by atoms with Gasteiger partial charge in [-0.05, 0) is 48.1 Å². The summed E-state index contributed by atoms with van der Waals surface area (Å²) in [5.74, 6) is 0.336. The number of hydrogen-bond acceptors (Lipinski definition) is 5. The molecule has 0 spiro atoms. The number of ether oxygens (including phenoxy) is 1. The van der Waals surface area contributed by atoms with Gasteiger partial charge in [-0.1, -0.05) is 23.7 Å². The zero-order valence-electron chi connectivity index (χ0n) is 16.6. The van der Waals surface area contributed by atoms with E-state index in [0.29, 0.717) is 27.8 Å². The molecule has 156 valence electrons. The molecule has 9 heteroatoms. The van der Waals surface area contributed by atoms with Gasteiger partial charge in [0.25, 0.3) is 5.91 Å². The van der Waals surface area contributed by atoms with Crippen molar-refractivity contribution in [1.29, 1.82) is 0 Å². The molecule has 2 aromatic carbocycles. The molecule has 2 N–H and O–H groups in total. The van der Waals surface area contributed by atoms with Crippen molar-refractivity contribution in [3.05, 3.63) is 57.9 Å². The summed E-state index contributed by atoms with van der Waals surface area (Å²) in [6.07, 6.45) is 0.323. The molecule has 0 aliphatic carbocycles. The Morgan fingerprint density at radius 2 is 1.87 bits per heavy atom. The van der Waals surface area contributed by atoms with Crippen LogP contribution in [0, 0.1) is 0 Å². The van der Waals surface area contributed by atoms with Gasteiger partial charge in [0, 0.05) is 29.9 Å². The molecule has 0 aliphatic rings. The fourth-order valence-corrected chi connectivity index (χ4v) is 4.33. The number of fused-ring (bicyclic) bond motifs is 1. The normalized spacial score (nSPS) is 10.5. The van der Waals surface area contributed by atoms with E-state index in [1.165, 1.54) is 11.3 Å². The second-order valence-electron chi connectivity index (χ2n) is 6.68. The molecule has 0 atom stereocenters. The lowest BCUT2D eigenvalue weighted by atomic mass is 10.1. The maximum atomic E-state index is 12.6. The van der Waals surface area contributed by atoms with Gasteiger partial charge in [-0.15, -0.1) is 11.3 Å². The van der Waals surface area contributed by atoms with Crippen LogP contribution in [0.5, 0.6) is 5.75 Å². The maximum Gasteiger partial charge on any atom is 0.269 e. The van der Waals surface area contributed by atoms with Gasteiger partial charge >= 0.3 is 0 Å². The zero-order valence-corrected chi connectivity index (χ0v) is 19.0. The lowest BCUT2D eigenvalue weighted by Gasteiger charge is -2.11. The van der Waals surface area contributed by atoms with E-state index in [2.05, 4.69) is 10.6 Å². The van der Waals surface area contributed by atoms with Crippen LogP contribution in [0.15, 0.2) is 42.5 Å². The van der Waals surface area contributed by atoms with Gasteiger partial charge < -0.3 is 15.0 Å². The van der Waals surface area contributed by atoms with Gasteiger partial charge in [-0.25, -0.2) is 0 Å². The van der Waals surface area contributed by atoms with Crippen molar-refractivity contribution >= 4 is 67.9 Å². The van der Waals surface area contributed by atoms with E-state index in [0.717, 1.165) is 15.6 Å². The van der Waals surface area contributed by atoms with Crippen LogP contribution in [0.3, 0.4) is 0 Å². The molecular weight excluding hydrogens is 442 g/mol.